The fourth-order valence-electron chi connectivity index (χ4n) is 5.03. The summed E-state index contributed by atoms with van der Waals surface area (Å²) in [5, 5.41) is 12.5. The van der Waals surface area contributed by atoms with Crippen molar-refractivity contribution in [3.8, 4) is 11.5 Å². The molecule has 34 heavy (non-hydrogen) atoms. The molecular formula is C25H21F2N3O4. The van der Waals surface area contributed by atoms with Gasteiger partial charge in [-0.15, -0.1) is 0 Å². The van der Waals surface area contributed by atoms with E-state index in [0.29, 0.717) is 12.0 Å². The summed E-state index contributed by atoms with van der Waals surface area (Å²) in [4.78, 5) is 27.5. The fourth-order valence-corrected chi connectivity index (χ4v) is 5.03. The molecule has 1 aromatic heterocycles. The molecule has 9 heteroatoms. The monoisotopic (exact) mass is 465 g/mol. The van der Waals surface area contributed by atoms with Gasteiger partial charge in [-0.3, -0.25) is 19.3 Å². The molecule has 0 spiro atoms. The summed E-state index contributed by atoms with van der Waals surface area (Å²) in [5.74, 6) is -2.90. The zero-order chi connectivity index (χ0) is 23.6. The Kier molecular flexibility index (Phi) is 4.62. The molecule has 3 aliphatic rings. The third-order valence-corrected chi connectivity index (χ3v) is 6.67. The van der Waals surface area contributed by atoms with Crippen molar-refractivity contribution < 1.29 is 23.4 Å². The molecule has 3 aromatic rings. The van der Waals surface area contributed by atoms with Gasteiger partial charge in [-0.2, -0.15) is 0 Å². The van der Waals surface area contributed by atoms with Crippen LogP contribution in [0.25, 0.3) is 0 Å². The lowest BCUT2D eigenvalue weighted by molar-refractivity contribution is 0.0474. The molecule has 174 valence electrons. The number of aromatic hydroxyl groups is 1. The van der Waals surface area contributed by atoms with Crippen LogP contribution in [0.5, 0.6) is 11.5 Å². The Labute approximate surface area is 193 Å². The second kappa shape index (κ2) is 7.58. The highest BCUT2D eigenvalue weighted by atomic mass is 19.2. The first-order chi connectivity index (χ1) is 16.5. The summed E-state index contributed by atoms with van der Waals surface area (Å²) >= 11 is 0. The Balaban J connectivity index is 1.67. The Morgan fingerprint density at radius 2 is 1.71 bits per heavy atom. The van der Waals surface area contributed by atoms with Gasteiger partial charge in [-0.1, -0.05) is 30.3 Å². The molecule has 2 aromatic carbocycles. The van der Waals surface area contributed by atoms with E-state index in [9.17, 15) is 23.5 Å². The molecule has 1 N–H and O–H groups in total. The van der Waals surface area contributed by atoms with Crippen molar-refractivity contribution in [1.82, 2.24) is 9.58 Å². The highest BCUT2D eigenvalue weighted by molar-refractivity contribution is 5.97. The lowest BCUT2D eigenvalue weighted by Gasteiger charge is -2.51. The standard InChI is InChI=1S/C25H21F2N3O4/c26-17-12-16-20(13-18(17)27)34-11-9-21-29(15-6-7-15)25(33)23-24(32)19(31)8-10-28(23)30(21)22(16)14-4-2-1-3-5-14/h1-5,8,10,12-13,15,21-22,32H,6-7,9,11H2/t21?,22-/m1/s1. The van der Waals surface area contributed by atoms with Crippen molar-refractivity contribution in [2.75, 3.05) is 11.6 Å². The van der Waals surface area contributed by atoms with Gasteiger partial charge >= 0.3 is 0 Å². The van der Waals surface area contributed by atoms with Gasteiger partial charge in [0.2, 0.25) is 5.43 Å². The van der Waals surface area contributed by atoms with E-state index in [1.54, 1.807) is 4.90 Å². The second-order valence-electron chi connectivity index (χ2n) is 8.78. The van der Waals surface area contributed by atoms with Crippen LogP contribution in [0, 0.1) is 11.6 Å². The van der Waals surface area contributed by atoms with Gasteiger partial charge in [0.15, 0.2) is 23.1 Å². The molecule has 0 bridgehead atoms. The van der Waals surface area contributed by atoms with Gasteiger partial charge in [0.05, 0.1) is 6.61 Å². The molecule has 1 fully saturated rings. The average Bonchev–Trinajstić information content (AvgIpc) is 3.65. The van der Waals surface area contributed by atoms with Crippen LogP contribution >= 0.6 is 0 Å². The van der Waals surface area contributed by atoms with Crippen LogP contribution in [0.3, 0.4) is 0 Å². The number of rotatable bonds is 2. The number of hydrogen-bond donors (Lipinski definition) is 1. The van der Waals surface area contributed by atoms with E-state index < -0.39 is 40.9 Å². The molecule has 7 nitrogen and oxygen atoms in total. The van der Waals surface area contributed by atoms with Crippen LogP contribution in [-0.4, -0.2) is 39.4 Å². The van der Waals surface area contributed by atoms with Gasteiger partial charge in [0.1, 0.15) is 18.0 Å². The first kappa shape index (κ1) is 20.7. The molecule has 0 radical (unpaired) electrons. The maximum Gasteiger partial charge on any atom is 0.278 e. The van der Waals surface area contributed by atoms with Crippen molar-refractivity contribution in [2.24, 2.45) is 0 Å². The van der Waals surface area contributed by atoms with Crippen LogP contribution in [0.4, 0.5) is 8.78 Å². The van der Waals surface area contributed by atoms with Gasteiger partial charge in [-0.25, -0.2) is 8.78 Å². The second-order valence-corrected chi connectivity index (χ2v) is 8.78. The normalized spacial score (nSPS) is 21.6. The lowest BCUT2D eigenvalue weighted by atomic mass is 9.94. The number of carbonyl (C=O) groups is 1. The summed E-state index contributed by atoms with van der Waals surface area (Å²) < 4.78 is 36.1. The minimum atomic E-state index is -1.02. The van der Waals surface area contributed by atoms with Gasteiger partial charge in [0.25, 0.3) is 5.91 Å². The molecule has 1 unspecified atom stereocenters. The third kappa shape index (κ3) is 3.07. The number of nitrogens with zero attached hydrogens (tertiary/aromatic N) is 3. The van der Waals surface area contributed by atoms with E-state index in [1.165, 1.54) is 16.9 Å². The highest BCUT2D eigenvalue weighted by Gasteiger charge is 2.49. The molecule has 2 atom stereocenters. The number of hydrogen-bond acceptors (Lipinski definition) is 5. The number of halogens is 2. The quantitative estimate of drug-likeness (QED) is 0.629. The molecular weight excluding hydrogens is 444 g/mol. The predicted octanol–water partition coefficient (Wildman–Crippen LogP) is 3.29. The van der Waals surface area contributed by atoms with E-state index >= 15 is 0 Å². The van der Waals surface area contributed by atoms with Crippen LogP contribution in [-0.2, 0) is 0 Å². The molecule has 2 aliphatic heterocycles. The predicted molar refractivity (Wildman–Crippen MR) is 118 cm³/mol. The summed E-state index contributed by atoms with van der Waals surface area (Å²) in [6.07, 6.45) is 2.95. The van der Waals surface area contributed by atoms with Crippen molar-refractivity contribution in [2.45, 2.75) is 37.5 Å². The number of fused-ring (bicyclic) bond motifs is 4. The van der Waals surface area contributed by atoms with E-state index in [2.05, 4.69) is 0 Å². The Morgan fingerprint density at radius 3 is 2.44 bits per heavy atom. The first-order valence-electron chi connectivity index (χ1n) is 11.2. The number of carbonyl (C=O) groups excluding carboxylic acids is 1. The van der Waals surface area contributed by atoms with Crippen LogP contribution < -0.4 is 15.2 Å². The van der Waals surface area contributed by atoms with Crippen LogP contribution in [0.15, 0.2) is 59.5 Å². The number of aromatic nitrogens is 1. The van der Waals surface area contributed by atoms with E-state index in [0.717, 1.165) is 30.5 Å². The number of amides is 1. The van der Waals surface area contributed by atoms with Gasteiger partial charge < -0.3 is 14.7 Å². The largest absolute Gasteiger partial charge is 0.502 e. The average molecular weight is 465 g/mol. The number of pyridine rings is 1. The Bertz CT molecular complexity index is 1360. The van der Waals surface area contributed by atoms with Crippen molar-refractivity contribution in [1.29, 1.82) is 0 Å². The molecule has 3 heterocycles. The summed E-state index contributed by atoms with van der Waals surface area (Å²) in [5.41, 5.74) is 0.333. The molecule has 6 rings (SSSR count). The Hall–Kier alpha value is -3.88. The van der Waals surface area contributed by atoms with Gasteiger partial charge in [0, 0.05) is 36.4 Å². The first-order valence-corrected chi connectivity index (χ1v) is 11.2. The molecule has 1 amide bonds. The minimum Gasteiger partial charge on any atom is -0.502 e. The number of benzene rings is 2. The highest BCUT2D eigenvalue weighted by Crippen LogP contribution is 2.44. The topological polar surface area (TPSA) is 75.0 Å². The van der Waals surface area contributed by atoms with Crippen molar-refractivity contribution in [3.63, 3.8) is 0 Å². The SMILES string of the molecule is O=C1c2c(O)c(=O)ccn2N2C(CCOc3cc(F)c(F)cc3[C@H]2c2ccccc2)N1C1CC1. The number of ether oxygens (including phenoxy) is 1. The summed E-state index contributed by atoms with van der Waals surface area (Å²) in [6, 6.07) is 11.8. The van der Waals surface area contributed by atoms with E-state index in [-0.39, 0.29) is 24.1 Å². The third-order valence-electron chi connectivity index (χ3n) is 6.67. The maximum atomic E-state index is 14.5. The Morgan fingerprint density at radius 1 is 0.971 bits per heavy atom. The molecule has 1 saturated carbocycles. The summed E-state index contributed by atoms with van der Waals surface area (Å²) in [6.45, 7) is 0.165. The van der Waals surface area contributed by atoms with Crippen molar-refractivity contribution in [3.05, 3.63) is 93.4 Å². The molecule has 0 saturated heterocycles. The van der Waals surface area contributed by atoms with E-state index in [1.807, 2.05) is 35.3 Å². The van der Waals surface area contributed by atoms with Crippen molar-refractivity contribution >= 4 is 5.91 Å². The van der Waals surface area contributed by atoms with Gasteiger partial charge in [-0.05, 0) is 24.5 Å². The zero-order valence-corrected chi connectivity index (χ0v) is 18.0. The fraction of sp³-hybridized carbons (Fsp3) is 0.280. The zero-order valence-electron chi connectivity index (χ0n) is 18.0. The smallest absolute Gasteiger partial charge is 0.278 e. The summed E-state index contributed by atoms with van der Waals surface area (Å²) in [7, 11) is 0. The van der Waals surface area contributed by atoms with Crippen LogP contribution in [0.1, 0.15) is 46.9 Å². The molecule has 1 aliphatic carbocycles. The van der Waals surface area contributed by atoms with E-state index in [4.69, 9.17) is 4.74 Å². The maximum absolute atomic E-state index is 14.5. The lowest BCUT2D eigenvalue weighted by Crippen LogP contribution is -2.63. The van der Waals surface area contributed by atoms with Crippen LogP contribution in [0.2, 0.25) is 0 Å². The minimum absolute atomic E-state index is 0.0382.